The number of hydrogen-bond donors (Lipinski definition) is 3. The fourth-order valence-electron chi connectivity index (χ4n) is 1.64. The third-order valence-corrected chi connectivity index (χ3v) is 2.78. The monoisotopic (exact) mass is 346 g/mol. The molecule has 6 heteroatoms. The van der Waals surface area contributed by atoms with E-state index in [4.69, 9.17) is 16.9 Å². The van der Waals surface area contributed by atoms with Crippen LogP contribution in [0.5, 0.6) is 11.6 Å². The number of nitrogens with zero attached hydrogens (tertiary/aromatic N) is 1. The first-order valence-corrected chi connectivity index (χ1v) is 6.28. The summed E-state index contributed by atoms with van der Waals surface area (Å²) in [6, 6.07) is 17.9. The summed E-state index contributed by atoms with van der Waals surface area (Å²) in [4.78, 5) is 6.33. The third kappa shape index (κ3) is 4.81. The van der Waals surface area contributed by atoms with Crippen LogP contribution in [0.3, 0.4) is 0 Å². The number of rotatable bonds is 1. The van der Waals surface area contributed by atoms with Crippen LogP contribution in [0.25, 0.3) is 10.9 Å². The normalized spacial score (nSPS) is 9.19. The summed E-state index contributed by atoms with van der Waals surface area (Å²) in [6.07, 6.45) is 0. The van der Waals surface area contributed by atoms with Gasteiger partial charge in [-0.3, -0.25) is 4.84 Å². The van der Waals surface area contributed by atoms with Gasteiger partial charge in [-0.05, 0) is 24.3 Å². The van der Waals surface area contributed by atoms with Gasteiger partial charge in [-0.1, -0.05) is 30.3 Å². The fraction of sp³-hybridized carbons (Fsp3) is 0. The second-order valence-electron chi connectivity index (χ2n) is 3.98. The molecule has 3 rings (SSSR count). The summed E-state index contributed by atoms with van der Waals surface area (Å²) < 4.78 is 0. The van der Waals surface area contributed by atoms with E-state index in [0.717, 1.165) is 5.69 Å². The molecule has 0 aliphatic carbocycles. The van der Waals surface area contributed by atoms with Crippen LogP contribution < -0.4 is 4.84 Å². The number of aromatic hydroxyl groups is 2. The van der Waals surface area contributed by atoms with Crippen LogP contribution in [-0.4, -0.2) is 15.2 Å². The molecule has 2 aromatic carbocycles. The molecule has 0 radical (unpaired) electrons. The molecule has 1 heterocycles. The van der Waals surface area contributed by atoms with Crippen LogP contribution >= 0.6 is 11.8 Å². The van der Waals surface area contributed by atoms with Crippen molar-refractivity contribution >= 4 is 28.4 Å². The van der Waals surface area contributed by atoms with Crippen LogP contribution in [0, 0.1) is 0 Å². The molecule has 0 bridgehead atoms. The Kier molecular flexibility index (Phi) is 6.79. The van der Waals surface area contributed by atoms with Crippen LogP contribution in [0.15, 0.2) is 60.7 Å². The minimum Gasteiger partial charge on any atom is -0.507 e. The number of anilines is 1. The standard InChI is InChI=1S/C9H7NO2.C6H6ClN.Ni/c11-8-5-9(12)10-7-4-2-1-3-6(7)8;7-8-6-4-2-1-3-5-6;/h1-5H,(H2,10,11,12);1-5,8H;. The molecule has 4 nitrogen and oxygen atoms in total. The molecule has 0 saturated heterocycles. The van der Waals surface area contributed by atoms with E-state index in [2.05, 4.69) is 9.82 Å². The third-order valence-electron chi connectivity index (χ3n) is 2.56. The molecule has 21 heavy (non-hydrogen) atoms. The van der Waals surface area contributed by atoms with Crippen molar-refractivity contribution in [2.24, 2.45) is 0 Å². The quantitative estimate of drug-likeness (QED) is 0.461. The molecule has 0 aliphatic rings. The van der Waals surface area contributed by atoms with E-state index in [0.29, 0.717) is 10.9 Å². The van der Waals surface area contributed by atoms with Gasteiger partial charge in [-0.15, -0.1) is 0 Å². The van der Waals surface area contributed by atoms with Gasteiger partial charge in [-0.25, -0.2) is 4.98 Å². The molecule has 0 spiro atoms. The minimum atomic E-state index is -0.161. The first-order chi connectivity index (χ1) is 9.70. The Morgan fingerprint density at radius 3 is 2.14 bits per heavy atom. The van der Waals surface area contributed by atoms with Gasteiger partial charge in [0.15, 0.2) is 0 Å². The van der Waals surface area contributed by atoms with E-state index in [1.165, 1.54) is 6.07 Å². The first kappa shape index (κ1) is 17.1. The van der Waals surface area contributed by atoms with E-state index < -0.39 is 0 Å². The molecule has 112 valence electrons. The van der Waals surface area contributed by atoms with Crippen molar-refractivity contribution in [2.45, 2.75) is 0 Å². The van der Waals surface area contributed by atoms with Crippen LogP contribution in [-0.2, 0) is 16.5 Å². The maximum atomic E-state index is 9.35. The number of para-hydroxylation sites is 2. The largest absolute Gasteiger partial charge is 0.507 e. The van der Waals surface area contributed by atoms with Crippen LogP contribution in [0.1, 0.15) is 0 Å². The van der Waals surface area contributed by atoms with Gasteiger partial charge in [-0.2, -0.15) is 0 Å². The SMILES string of the molecule is ClNc1ccccc1.Oc1cc(O)c2ccccc2n1.[Ni]. The van der Waals surface area contributed by atoms with Crippen molar-refractivity contribution in [3.63, 3.8) is 0 Å². The van der Waals surface area contributed by atoms with Crippen molar-refractivity contribution in [2.75, 3.05) is 4.84 Å². The molecule has 3 N–H and O–H groups in total. The number of pyridine rings is 1. The van der Waals surface area contributed by atoms with Crippen molar-refractivity contribution in [3.8, 4) is 11.6 Å². The topological polar surface area (TPSA) is 65.4 Å². The fourth-order valence-corrected chi connectivity index (χ4v) is 1.77. The zero-order valence-corrected chi connectivity index (χ0v) is 12.6. The van der Waals surface area contributed by atoms with E-state index >= 15 is 0 Å². The van der Waals surface area contributed by atoms with Gasteiger partial charge in [0.2, 0.25) is 5.88 Å². The maximum Gasteiger partial charge on any atom is 0.215 e. The molecular formula is C15H13ClN2NiO2. The molecule has 0 fully saturated rings. The van der Waals surface area contributed by atoms with Gasteiger partial charge in [0.25, 0.3) is 0 Å². The molecular weight excluding hydrogens is 334 g/mol. The van der Waals surface area contributed by atoms with Gasteiger partial charge < -0.3 is 10.2 Å². The summed E-state index contributed by atoms with van der Waals surface area (Å²) in [7, 11) is 0. The van der Waals surface area contributed by atoms with E-state index in [1.807, 2.05) is 30.3 Å². The zero-order chi connectivity index (χ0) is 14.4. The number of benzene rings is 2. The zero-order valence-electron chi connectivity index (χ0n) is 10.8. The molecule has 1 aromatic heterocycles. The average molecular weight is 347 g/mol. The number of fused-ring (bicyclic) bond motifs is 1. The summed E-state index contributed by atoms with van der Waals surface area (Å²) in [6.45, 7) is 0. The molecule has 3 aromatic rings. The molecule has 0 saturated carbocycles. The number of nitrogens with one attached hydrogen (secondary N) is 1. The van der Waals surface area contributed by atoms with E-state index in [9.17, 15) is 5.11 Å². The predicted molar refractivity (Wildman–Crippen MR) is 81.0 cm³/mol. The Labute approximate surface area is 137 Å². The number of hydrogen-bond acceptors (Lipinski definition) is 4. The Bertz CT molecular complexity index is 696. The van der Waals surface area contributed by atoms with Crippen molar-refractivity contribution in [3.05, 3.63) is 60.7 Å². The van der Waals surface area contributed by atoms with Gasteiger partial charge in [0.05, 0.1) is 5.52 Å². The molecule has 0 aliphatic heterocycles. The maximum absolute atomic E-state index is 9.35. The van der Waals surface area contributed by atoms with E-state index in [-0.39, 0.29) is 28.1 Å². The Morgan fingerprint density at radius 1 is 0.905 bits per heavy atom. The average Bonchev–Trinajstić information content (AvgIpc) is 2.48. The van der Waals surface area contributed by atoms with Crippen molar-refractivity contribution < 1.29 is 26.7 Å². The second kappa shape index (κ2) is 8.35. The second-order valence-corrected chi connectivity index (χ2v) is 4.17. The van der Waals surface area contributed by atoms with E-state index in [1.54, 1.807) is 24.3 Å². The summed E-state index contributed by atoms with van der Waals surface area (Å²) in [5.74, 6) is -0.107. The molecule has 0 atom stereocenters. The van der Waals surface area contributed by atoms with Crippen molar-refractivity contribution in [1.29, 1.82) is 0 Å². The molecule has 0 amide bonds. The predicted octanol–water partition coefficient (Wildman–Crippen LogP) is 3.90. The number of halogens is 1. The minimum absolute atomic E-state index is 0. The summed E-state index contributed by atoms with van der Waals surface area (Å²) >= 11 is 5.28. The molecule has 0 unspecified atom stereocenters. The summed E-state index contributed by atoms with van der Waals surface area (Å²) in [5.41, 5.74) is 1.52. The Balaban J connectivity index is 0.000000216. The van der Waals surface area contributed by atoms with Gasteiger partial charge >= 0.3 is 0 Å². The number of aromatic nitrogens is 1. The van der Waals surface area contributed by atoms with Gasteiger partial charge in [0.1, 0.15) is 5.75 Å². The Hall–Kier alpha value is -1.97. The smallest absolute Gasteiger partial charge is 0.215 e. The van der Waals surface area contributed by atoms with Crippen LogP contribution in [0.4, 0.5) is 5.69 Å². The van der Waals surface area contributed by atoms with Crippen molar-refractivity contribution in [1.82, 2.24) is 4.98 Å². The summed E-state index contributed by atoms with van der Waals surface area (Å²) in [5, 5.41) is 19.0. The van der Waals surface area contributed by atoms with Gasteiger partial charge in [0, 0.05) is 45.4 Å². The first-order valence-electron chi connectivity index (χ1n) is 5.90. The Morgan fingerprint density at radius 2 is 1.52 bits per heavy atom. The van der Waals surface area contributed by atoms with Crippen LogP contribution in [0.2, 0.25) is 0 Å².